The molecule has 0 aliphatic carbocycles. The van der Waals surface area contributed by atoms with Gasteiger partial charge in [-0.3, -0.25) is 0 Å². The first kappa shape index (κ1) is 13.5. The summed E-state index contributed by atoms with van der Waals surface area (Å²) in [4.78, 5) is 4.21. The number of ether oxygens (including phenoxy) is 1. The first-order valence-electron chi connectivity index (χ1n) is 5.24. The van der Waals surface area contributed by atoms with Gasteiger partial charge in [-0.25, -0.2) is 9.37 Å². The number of halogens is 3. The van der Waals surface area contributed by atoms with Crippen molar-refractivity contribution in [2.24, 2.45) is 0 Å². The molecule has 1 aromatic heterocycles. The van der Waals surface area contributed by atoms with E-state index < -0.39 is 0 Å². The van der Waals surface area contributed by atoms with Gasteiger partial charge in [-0.1, -0.05) is 15.9 Å². The molecular formula is C13H10Br2FNO. The molecule has 0 unspecified atom stereocenters. The minimum Gasteiger partial charge on any atom is -0.439 e. The van der Waals surface area contributed by atoms with Crippen molar-refractivity contribution in [1.82, 2.24) is 4.98 Å². The Morgan fingerprint density at radius 1 is 1.33 bits per heavy atom. The van der Waals surface area contributed by atoms with Gasteiger partial charge in [0, 0.05) is 23.2 Å². The van der Waals surface area contributed by atoms with Gasteiger partial charge in [0.25, 0.3) is 0 Å². The first-order valence-corrected chi connectivity index (χ1v) is 7.16. The SMILES string of the molecule is Cc1cc(CBr)cnc1Oc1ccc(Br)c(F)c1. The maximum absolute atomic E-state index is 13.3. The summed E-state index contributed by atoms with van der Waals surface area (Å²) in [5.74, 6) is 0.557. The topological polar surface area (TPSA) is 22.1 Å². The minimum absolute atomic E-state index is 0.359. The molecule has 0 saturated heterocycles. The van der Waals surface area contributed by atoms with E-state index in [1.807, 2.05) is 13.0 Å². The van der Waals surface area contributed by atoms with E-state index in [0.717, 1.165) is 16.5 Å². The summed E-state index contributed by atoms with van der Waals surface area (Å²) in [6, 6.07) is 6.59. The van der Waals surface area contributed by atoms with E-state index >= 15 is 0 Å². The van der Waals surface area contributed by atoms with Crippen molar-refractivity contribution in [2.45, 2.75) is 12.3 Å². The fourth-order valence-corrected chi connectivity index (χ4v) is 2.01. The molecule has 0 aliphatic rings. The molecule has 94 valence electrons. The maximum Gasteiger partial charge on any atom is 0.222 e. The summed E-state index contributed by atoms with van der Waals surface area (Å²) >= 11 is 6.46. The molecule has 0 radical (unpaired) electrons. The Balaban J connectivity index is 2.25. The Morgan fingerprint density at radius 2 is 2.11 bits per heavy atom. The van der Waals surface area contributed by atoms with Crippen LogP contribution in [0.5, 0.6) is 11.6 Å². The summed E-state index contributed by atoms with van der Waals surface area (Å²) in [5.41, 5.74) is 1.98. The van der Waals surface area contributed by atoms with Gasteiger partial charge in [0.05, 0.1) is 4.47 Å². The third-order valence-electron chi connectivity index (χ3n) is 2.35. The second kappa shape index (κ2) is 5.80. The highest BCUT2D eigenvalue weighted by Crippen LogP contribution is 2.26. The van der Waals surface area contributed by atoms with E-state index in [1.54, 1.807) is 18.3 Å². The van der Waals surface area contributed by atoms with Crippen LogP contribution in [0.25, 0.3) is 0 Å². The van der Waals surface area contributed by atoms with Crippen molar-refractivity contribution < 1.29 is 9.13 Å². The van der Waals surface area contributed by atoms with Crippen LogP contribution in [-0.4, -0.2) is 4.98 Å². The summed E-state index contributed by atoms with van der Waals surface area (Å²) < 4.78 is 19.3. The molecule has 0 aliphatic heterocycles. The predicted molar refractivity (Wildman–Crippen MR) is 75.8 cm³/mol. The molecule has 0 N–H and O–H groups in total. The molecule has 0 fully saturated rings. The number of hydrogen-bond donors (Lipinski definition) is 0. The van der Waals surface area contributed by atoms with Crippen molar-refractivity contribution in [3.05, 3.63) is 51.9 Å². The van der Waals surface area contributed by atoms with Gasteiger partial charge < -0.3 is 4.74 Å². The van der Waals surface area contributed by atoms with Crippen LogP contribution in [0.1, 0.15) is 11.1 Å². The summed E-state index contributed by atoms with van der Waals surface area (Å²) in [7, 11) is 0. The molecule has 2 rings (SSSR count). The Labute approximate surface area is 121 Å². The molecule has 0 amide bonds. The van der Waals surface area contributed by atoms with Gasteiger partial charge in [-0.05, 0) is 46.6 Å². The van der Waals surface area contributed by atoms with Crippen molar-refractivity contribution in [3.8, 4) is 11.6 Å². The lowest BCUT2D eigenvalue weighted by Crippen LogP contribution is -1.93. The third-order valence-corrected chi connectivity index (χ3v) is 3.64. The van der Waals surface area contributed by atoms with Crippen molar-refractivity contribution in [1.29, 1.82) is 0 Å². The van der Waals surface area contributed by atoms with Crippen LogP contribution < -0.4 is 4.74 Å². The number of benzene rings is 1. The number of aryl methyl sites for hydroxylation is 1. The zero-order valence-corrected chi connectivity index (χ0v) is 12.8. The van der Waals surface area contributed by atoms with Gasteiger partial charge in [-0.2, -0.15) is 0 Å². The smallest absolute Gasteiger partial charge is 0.222 e. The van der Waals surface area contributed by atoms with E-state index in [-0.39, 0.29) is 5.82 Å². The molecular weight excluding hydrogens is 365 g/mol. The Bertz CT molecular complexity index is 575. The lowest BCUT2D eigenvalue weighted by atomic mass is 10.2. The third kappa shape index (κ3) is 3.09. The number of aromatic nitrogens is 1. The molecule has 2 nitrogen and oxygen atoms in total. The van der Waals surface area contributed by atoms with Crippen LogP contribution in [0.4, 0.5) is 4.39 Å². The number of alkyl halides is 1. The Kier molecular flexibility index (Phi) is 4.35. The second-order valence-corrected chi connectivity index (χ2v) is 5.19. The maximum atomic E-state index is 13.3. The normalized spacial score (nSPS) is 10.4. The summed E-state index contributed by atoms with van der Waals surface area (Å²) in [6.45, 7) is 1.91. The van der Waals surface area contributed by atoms with E-state index in [0.29, 0.717) is 16.1 Å². The molecule has 0 spiro atoms. The summed E-state index contributed by atoms with van der Waals surface area (Å²) in [5, 5.41) is 0.744. The first-order chi connectivity index (χ1) is 8.60. The van der Waals surface area contributed by atoms with Gasteiger partial charge >= 0.3 is 0 Å². The average molecular weight is 375 g/mol. The van der Waals surface area contributed by atoms with E-state index in [2.05, 4.69) is 36.8 Å². The van der Waals surface area contributed by atoms with Crippen LogP contribution in [0.15, 0.2) is 34.9 Å². The molecule has 2 aromatic rings. The van der Waals surface area contributed by atoms with Crippen LogP contribution in [-0.2, 0) is 5.33 Å². The zero-order chi connectivity index (χ0) is 13.1. The van der Waals surface area contributed by atoms with Crippen molar-refractivity contribution in [2.75, 3.05) is 0 Å². The highest BCUT2D eigenvalue weighted by Gasteiger charge is 2.06. The highest BCUT2D eigenvalue weighted by molar-refractivity contribution is 9.10. The lowest BCUT2D eigenvalue weighted by Gasteiger charge is -2.08. The van der Waals surface area contributed by atoms with E-state index in [4.69, 9.17) is 4.74 Å². The zero-order valence-electron chi connectivity index (χ0n) is 9.58. The fourth-order valence-electron chi connectivity index (χ4n) is 1.45. The average Bonchev–Trinajstić information content (AvgIpc) is 2.36. The molecule has 0 bridgehead atoms. The standard InChI is InChI=1S/C13H10Br2FNO/c1-8-4-9(6-14)7-17-13(8)18-10-2-3-11(15)12(16)5-10/h2-5,7H,6H2,1H3. The van der Waals surface area contributed by atoms with Gasteiger partial charge in [0.2, 0.25) is 5.88 Å². The number of hydrogen-bond acceptors (Lipinski definition) is 2. The Hall–Kier alpha value is -0.940. The van der Waals surface area contributed by atoms with Gasteiger partial charge in [-0.15, -0.1) is 0 Å². The lowest BCUT2D eigenvalue weighted by molar-refractivity contribution is 0.453. The largest absolute Gasteiger partial charge is 0.439 e. The molecule has 0 atom stereocenters. The van der Waals surface area contributed by atoms with Crippen LogP contribution in [0.3, 0.4) is 0 Å². The highest BCUT2D eigenvalue weighted by atomic mass is 79.9. The minimum atomic E-state index is -0.359. The van der Waals surface area contributed by atoms with Crippen LogP contribution >= 0.6 is 31.9 Å². The molecule has 1 heterocycles. The number of pyridine rings is 1. The Morgan fingerprint density at radius 3 is 2.72 bits per heavy atom. The van der Waals surface area contributed by atoms with E-state index in [9.17, 15) is 4.39 Å². The quantitative estimate of drug-likeness (QED) is 0.707. The van der Waals surface area contributed by atoms with Crippen LogP contribution in [0, 0.1) is 12.7 Å². The predicted octanol–water partition coefficient (Wildman–Crippen LogP) is 4.98. The number of rotatable bonds is 3. The second-order valence-electron chi connectivity index (χ2n) is 3.78. The van der Waals surface area contributed by atoms with E-state index in [1.165, 1.54) is 6.07 Å². The molecule has 0 saturated carbocycles. The summed E-state index contributed by atoms with van der Waals surface area (Å²) in [6.07, 6.45) is 1.73. The van der Waals surface area contributed by atoms with Crippen LogP contribution in [0.2, 0.25) is 0 Å². The molecule has 1 aromatic carbocycles. The van der Waals surface area contributed by atoms with Gasteiger partial charge in [0.15, 0.2) is 0 Å². The number of nitrogens with zero attached hydrogens (tertiary/aromatic N) is 1. The van der Waals surface area contributed by atoms with Gasteiger partial charge in [0.1, 0.15) is 11.6 Å². The fraction of sp³-hybridized carbons (Fsp3) is 0.154. The molecule has 18 heavy (non-hydrogen) atoms. The van der Waals surface area contributed by atoms with Crippen molar-refractivity contribution >= 4 is 31.9 Å². The van der Waals surface area contributed by atoms with Crippen molar-refractivity contribution in [3.63, 3.8) is 0 Å². The monoisotopic (exact) mass is 373 g/mol. The molecule has 5 heteroatoms.